The molecule has 0 saturated heterocycles. The van der Waals surface area contributed by atoms with E-state index in [-0.39, 0.29) is 19.3 Å². The van der Waals surface area contributed by atoms with Gasteiger partial charge in [-0.05, 0) is 58.4 Å². The molecule has 4 heterocycles. The zero-order valence-electron chi connectivity index (χ0n) is 23.0. The molecule has 9 nitrogen and oxygen atoms in total. The monoisotopic (exact) mass is 560 g/mol. The van der Waals surface area contributed by atoms with E-state index in [1.54, 1.807) is 24.4 Å². The number of alkyl halides is 3. The van der Waals surface area contributed by atoms with Gasteiger partial charge in [0.1, 0.15) is 5.75 Å². The predicted molar refractivity (Wildman–Crippen MR) is 142 cm³/mol. The van der Waals surface area contributed by atoms with E-state index in [2.05, 4.69) is 15.3 Å². The molecule has 4 bridgehead atoms. The van der Waals surface area contributed by atoms with Gasteiger partial charge in [-0.1, -0.05) is 6.42 Å². The van der Waals surface area contributed by atoms with Crippen molar-refractivity contribution in [2.24, 2.45) is 5.41 Å². The number of rotatable bonds is 4. The Balaban J connectivity index is 1.51. The van der Waals surface area contributed by atoms with Crippen LogP contribution in [-0.2, 0) is 0 Å². The van der Waals surface area contributed by atoms with Crippen molar-refractivity contribution in [2.75, 3.05) is 20.3 Å². The Labute approximate surface area is 231 Å². The largest absolute Gasteiger partial charge is 0.494 e. The predicted octanol–water partition coefficient (Wildman–Crippen LogP) is 5.95. The van der Waals surface area contributed by atoms with Gasteiger partial charge in [-0.3, -0.25) is 4.98 Å². The Kier molecular flexibility index (Phi) is 7.78. The summed E-state index contributed by atoms with van der Waals surface area (Å²) in [6, 6.07) is 0.378. The standard InChI is InChI=1S/C28H35F3N6O3/c1-4-37-18(2)21-14-20(23(39-3)16-33-21)22-17-36-12-11-32-24(36)25(35-22)40-13-7-5-6-8-19(34-26(37)38)15-27(9-10-27)28(29,30)31/h11-12,14,16-19H,4-10,13,15H2,1-3H3,(H,34,38)/t18-,19?/m1/s1. The number of imidazole rings is 1. The normalized spacial score (nSPS) is 21.9. The van der Waals surface area contributed by atoms with Gasteiger partial charge in [-0.2, -0.15) is 13.2 Å². The van der Waals surface area contributed by atoms with Crippen LogP contribution >= 0.6 is 0 Å². The van der Waals surface area contributed by atoms with E-state index in [9.17, 15) is 18.0 Å². The van der Waals surface area contributed by atoms with Gasteiger partial charge in [0.15, 0.2) is 0 Å². The number of pyridine rings is 1. The number of nitrogens with one attached hydrogen (secondary N) is 1. The van der Waals surface area contributed by atoms with Crippen molar-refractivity contribution in [1.29, 1.82) is 0 Å². The van der Waals surface area contributed by atoms with Crippen LogP contribution in [0, 0.1) is 5.41 Å². The smallest absolute Gasteiger partial charge is 0.394 e. The Morgan fingerprint density at radius 2 is 2.02 bits per heavy atom. The highest BCUT2D eigenvalue weighted by Gasteiger charge is 2.63. The molecule has 0 radical (unpaired) electrons. The lowest BCUT2D eigenvalue weighted by atomic mass is 9.93. The zero-order valence-corrected chi connectivity index (χ0v) is 23.0. The SMILES string of the molecule is CCN1C(=O)NC(CC2(C(F)(F)F)CC2)CCCCCOc2nc(cn3ccnc23)-c2cc(ncc2OC)[C@H]1C. The third-order valence-electron chi connectivity index (χ3n) is 8.08. The second kappa shape index (κ2) is 11.1. The third-order valence-corrected chi connectivity index (χ3v) is 8.08. The first-order valence-electron chi connectivity index (χ1n) is 13.8. The Morgan fingerprint density at radius 3 is 2.73 bits per heavy atom. The average molecular weight is 561 g/mol. The summed E-state index contributed by atoms with van der Waals surface area (Å²) in [5, 5.41) is 2.94. The summed E-state index contributed by atoms with van der Waals surface area (Å²) in [4.78, 5) is 28.8. The summed E-state index contributed by atoms with van der Waals surface area (Å²) in [6.45, 7) is 4.42. The molecule has 1 unspecified atom stereocenters. The fourth-order valence-electron chi connectivity index (χ4n) is 5.48. The van der Waals surface area contributed by atoms with E-state index >= 15 is 0 Å². The highest BCUT2D eigenvalue weighted by molar-refractivity contribution is 5.75. The highest BCUT2D eigenvalue weighted by atomic mass is 19.4. The van der Waals surface area contributed by atoms with Crippen molar-refractivity contribution in [1.82, 2.24) is 29.6 Å². The van der Waals surface area contributed by atoms with Gasteiger partial charge in [-0.15, -0.1) is 0 Å². The lowest BCUT2D eigenvalue weighted by Gasteiger charge is -2.32. The molecule has 1 N–H and O–H groups in total. The molecule has 0 spiro atoms. The van der Waals surface area contributed by atoms with Crippen LogP contribution < -0.4 is 14.8 Å². The minimum Gasteiger partial charge on any atom is -0.494 e. The van der Waals surface area contributed by atoms with Crippen molar-refractivity contribution >= 4 is 11.7 Å². The van der Waals surface area contributed by atoms with Gasteiger partial charge in [0.05, 0.1) is 42.8 Å². The maximum atomic E-state index is 13.8. The second-order valence-corrected chi connectivity index (χ2v) is 10.7. The number of ether oxygens (including phenoxy) is 2. The van der Waals surface area contributed by atoms with E-state index in [0.29, 0.717) is 66.6 Å². The minimum atomic E-state index is -4.28. The van der Waals surface area contributed by atoms with E-state index in [4.69, 9.17) is 14.5 Å². The Morgan fingerprint density at radius 1 is 1.23 bits per heavy atom. The third kappa shape index (κ3) is 5.53. The van der Waals surface area contributed by atoms with Gasteiger partial charge < -0.3 is 24.1 Å². The summed E-state index contributed by atoms with van der Waals surface area (Å²) in [6.07, 6.45) is 5.27. The summed E-state index contributed by atoms with van der Waals surface area (Å²) in [7, 11) is 1.55. The summed E-state index contributed by atoms with van der Waals surface area (Å²) >= 11 is 0. The lowest BCUT2D eigenvalue weighted by Crippen LogP contribution is -2.47. The molecule has 216 valence electrons. The molecular weight excluding hydrogens is 525 g/mol. The van der Waals surface area contributed by atoms with Gasteiger partial charge in [0, 0.05) is 36.7 Å². The molecule has 2 aliphatic rings. The van der Waals surface area contributed by atoms with Crippen molar-refractivity contribution in [3.8, 4) is 22.9 Å². The molecule has 1 aliphatic carbocycles. The molecule has 40 heavy (non-hydrogen) atoms. The quantitative estimate of drug-likeness (QED) is 0.424. The zero-order chi connectivity index (χ0) is 28.5. The summed E-state index contributed by atoms with van der Waals surface area (Å²) in [5.41, 5.74) is 0.730. The summed E-state index contributed by atoms with van der Waals surface area (Å²) < 4.78 is 54.9. The van der Waals surface area contributed by atoms with E-state index in [1.807, 2.05) is 36.7 Å². The number of halogens is 3. The van der Waals surface area contributed by atoms with Crippen molar-refractivity contribution < 1.29 is 27.4 Å². The Hall–Kier alpha value is -3.57. The number of carbonyl (C=O) groups excluding carboxylic acids is 1. The van der Waals surface area contributed by atoms with Crippen LogP contribution in [-0.4, -0.2) is 62.8 Å². The number of aromatic nitrogens is 4. The lowest BCUT2D eigenvalue weighted by molar-refractivity contribution is -0.190. The number of hydrogen-bond acceptors (Lipinski definition) is 6. The van der Waals surface area contributed by atoms with E-state index < -0.39 is 29.7 Å². The molecule has 5 rings (SSSR count). The first kappa shape index (κ1) is 28.0. The van der Waals surface area contributed by atoms with Crippen LogP contribution in [0.5, 0.6) is 11.6 Å². The number of hydrogen-bond donors (Lipinski definition) is 1. The van der Waals surface area contributed by atoms with Crippen molar-refractivity contribution in [3.63, 3.8) is 0 Å². The highest BCUT2D eigenvalue weighted by Crippen LogP contribution is 2.60. The van der Waals surface area contributed by atoms with Gasteiger partial charge in [0.25, 0.3) is 5.88 Å². The molecule has 1 fully saturated rings. The first-order chi connectivity index (χ1) is 19.2. The molecule has 3 aromatic heterocycles. The second-order valence-electron chi connectivity index (χ2n) is 10.7. The maximum Gasteiger partial charge on any atom is 0.394 e. The van der Waals surface area contributed by atoms with Gasteiger partial charge >= 0.3 is 12.2 Å². The number of amides is 2. The topological polar surface area (TPSA) is 93.9 Å². The average Bonchev–Trinajstić information content (AvgIpc) is 3.57. The molecule has 3 aromatic rings. The fraction of sp³-hybridized carbons (Fsp3) is 0.571. The van der Waals surface area contributed by atoms with E-state index in [0.717, 1.165) is 6.42 Å². The molecule has 1 aliphatic heterocycles. The first-order valence-corrected chi connectivity index (χ1v) is 13.8. The number of methoxy groups -OCH3 is 1. The maximum absolute atomic E-state index is 13.8. The molecule has 1 saturated carbocycles. The number of nitrogens with zero attached hydrogens (tertiary/aromatic N) is 5. The van der Waals surface area contributed by atoms with Crippen LogP contribution in [0.25, 0.3) is 16.9 Å². The van der Waals surface area contributed by atoms with Crippen LogP contribution in [0.15, 0.2) is 30.9 Å². The fourth-order valence-corrected chi connectivity index (χ4v) is 5.48. The van der Waals surface area contributed by atoms with Crippen molar-refractivity contribution in [2.45, 2.75) is 77.1 Å². The number of urea groups is 1. The van der Waals surface area contributed by atoms with Crippen LogP contribution in [0.1, 0.15) is 70.5 Å². The van der Waals surface area contributed by atoms with E-state index in [1.165, 1.54) is 0 Å². The van der Waals surface area contributed by atoms with Crippen LogP contribution in [0.4, 0.5) is 18.0 Å². The number of fused-ring (bicyclic) bond motifs is 7. The van der Waals surface area contributed by atoms with Crippen LogP contribution in [0.2, 0.25) is 0 Å². The molecule has 2 atom stereocenters. The Bertz CT molecular complexity index is 1360. The van der Waals surface area contributed by atoms with Gasteiger partial charge in [0.2, 0.25) is 5.65 Å². The number of carbonyl (C=O) groups is 1. The molecule has 0 aromatic carbocycles. The molecular formula is C28H35F3N6O3. The van der Waals surface area contributed by atoms with Crippen molar-refractivity contribution in [3.05, 3.63) is 36.5 Å². The molecule has 12 heteroatoms. The van der Waals surface area contributed by atoms with Gasteiger partial charge in [-0.25, -0.2) is 14.8 Å². The van der Waals surface area contributed by atoms with Crippen LogP contribution in [0.3, 0.4) is 0 Å². The summed E-state index contributed by atoms with van der Waals surface area (Å²) in [5.74, 6) is 0.882. The minimum absolute atomic E-state index is 0.108. The molecule has 2 amide bonds.